The standard InChI is InChI=1S/C15H21NO4/c1-15(2,3)20-14(19)12(16-10-13(17)18)9-11-7-5-4-6-8-11/h4-8,12,16H,9-10H2,1-3H3,(H,17,18). The number of esters is 1. The molecule has 1 rings (SSSR count). The molecule has 0 aromatic heterocycles. The molecule has 20 heavy (non-hydrogen) atoms. The first kappa shape index (κ1) is 16.2. The van der Waals surface area contributed by atoms with Gasteiger partial charge in [-0.3, -0.25) is 14.9 Å². The van der Waals surface area contributed by atoms with Gasteiger partial charge in [-0.05, 0) is 32.8 Å². The average molecular weight is 279 g/mol. The van der Waals surface area contributed by atoms with E-state index in [9.17, 15) is 9.59 Å². The van der Waals surface area contributed by atoms with Gasteiger partial charge in [0.2, 0.25) is 0 Å². The molecule has 1 unspecified atom stereocenters. The molecule has 1 aromatic rings. The molecule has 110 valence electrons. The number of carbonyl (C=O) groups is 2. The van der Waals surface area contributed by atoms with Gasteiger partial charge in [-0.1, -0.05) is 30.3 Å². The summed E-state index contributed by atoms with van der Waals surface area (Å²) < 4.78 is 5.31. The third-order valence-electron chi connectivity index (χ3n) is 2.47. The molecule has 0 fully saturated rings. The van der Waals surface area contributed by atoms with Crippen LogP contribution in [0.15, 0.2) is 30.3 Å². The second-order valence-corrected chi connectivity index (χ2v) is 5.55. The first-order valence-electron chi connectivity index (χ1n) is 6.50. The van der Waals surface area contributed by atoms with Gasteiger partial charge in [0.15, 0.2) is 0 Å². The number of carboxylic acid groups (broad SMARTS) is 1. The normalized spacial score (nSPS) is 12.8. The molecule has 0 heterocycles. The number of hydrogen-bond acceptors (Lipinski definition) is 4. The van der Waals surface area contributed by atoms with Gasteiger partial charge in [0, 0.05) is 0 Å². The monoisotopic (exact) mass is 279 g/mol. The number of rotatable bonds is 6. The molecular formula is C15H21NO4. The first-order valence-corrected chi connectivity index (χ1v) is 6.50. The largest absolute Gasteiger partial charge is 0.480 e. The molecule has 0 amide bonds. The summed E-state index contributed by atoms with van der Waals surface area (Å²) in [6.07, 6.45) is 0.392. The van der Waals surface area contributed by atoms with Gasteiger partial charge in [0.25, 0.3) is 0 Å². The van der Waals surface area contributed by atoms with Crippen LogP contribution in [0, 0.1) is 0 Å². The van der Waals surface area contributed by atoms with Crippen LogP contribution in [0.3, 0.4) is 0 Å². The molecule has 0 aliphatic heterocycles. The summed E-state index contributed by atoms with van der Waals surface area (Å²) in [7, 11) is 0. The van der Waals surface area contributed by atoms with Crippen LogP contribution in [0.1, 0.15) is 26.3 Å². The topological polar surface area (TPSA) is 75.6 Å². The number of hydrogen-bond donors (Lipinski definition) is 2. The van der Waals surface area contributed by atoms with Crippen molar-refractivity contribution in [3.63, 3.8) is 0 Å². The molecule has 0 saturated carbocycles. The molecule has 0 spiro atoms. The van der Waals surface area contributed by atoms with Crippen molar-refractivity contribution < 1.29 is 19.4 Å². The van der Waals surface area contributed by atoms with Crippen LogP contribution in [0.25, 0.3) is 0 Å². The van der Waals surface area contributed by atoms with Crippen LogP contribution >= 0.6 is 0 Å². The van der Waals surface area contributed by atoms with Crippen molar-refractivity contribution in [2.45, 2.75) is 38.8 Å². The van der Waals surface area contributed by atoms with E-state index in [1.165, 1.54) is 0 Å². The Morgan fingerprint density at radius 1 is 1.25 bits per heavy atom. The molecule has 5 heteroatoms. The third kappa shape index (κ3) is 6.33. The average Bonchev–Trinajstić information content (AvgIpc) is 2.33. The molecule has 0 bridgehead atoms. The van der Waals surface area contributed by atoms with Gasteiger partial charge in [-0.25, -0.2) is 0 Å². The van der Waals surface area contributed by atoms with E-state index in [-0.39, 0.29) is 6.54 Å². The predicted molar refractivity (Wildman–Crippen MR) is 75.4 cm³/mol. The van der Waals surface area contributed by atoms with Crippen LogP contribution in [-0.4, -0.2) is 35.2 Å². The van der Waals surface area contributed by atoms with Crippen molar-refractivity contribution in [3.8, 4) is 0 Å². The molecule has 5 nitrogen and oxygen atoms in total. The number of ether oxygens (including phenoxy) is 1. The van der Waals surface area contributed by atoms with Gasteiger partial charge < -0.3 is 9.84 Å². The third-order valence-corrected chi connectivity index (χ3v) is 2.47. The van der Waals surface area contributed by atoms with Gasteiger partial charge >= 0.3 is 11.9 Å². The highest BCUT2D eigenvalue weighted by Gasteiger charge is 2.25. The minimum absolute atomic E-state index is 0.281. The Bertz CT molecular complexity index is 451. The van der Waals surface area contributed by atoms with E-state index in [0.29, 0.717) is 6.42 Å². The van der Waals surface area contributed by atoms with E-state index in [2.05, 4.69) is 5.32 Å². The minimum atomic E-state index is -1.01. The zero-order valence-electron chi connectivity index (χ0n) is 12.1. The zero-order chi connectivity index (χ0) is 15.2. The zero-order valence-corrected chi connectivity index (χ0v) is 12.1. The highest BCUT2D eigenvalue weighted by atomic mass is 16.6. The SMILES string of the molecule is CC(C)(C)OC(=O)C(Cc1ccccc1)NCC(=O)O. The maximum atomic E-state index is 12.1. The molecule has 0 radical (unpaired) electrons. The molecule has 1 atom stereocenters. The fourth-order valence-corrected chi connectivity index (χ4v) is 1.67. The van der Waals surface area contributed by atoms with E-state index in [1.807, 2.05) is 30.3 Å². The van der Waals surface area contributed by atoms with Gasteiger partial charge in [0.05, 0.1) is 6.54 Å². The second-order valence-electron chi connectivity index (χ2n) is 5.55. The van der Waals surface area contributed by atoms with Crippen LogP contribution in [0.2, 0.25) is 0 Å². The van der Waals surface area contributed by atoms with Crippen molar-refractivity contribution in [2.24, 2.45) is 0 Å². The fourth-order valence-electron chi connectivity index (χ4n) is 1.67. The van der Waals surface area contributed by atoms with Crippen molar-refractivity contribution in [1.82, 2.24) is 5.32 Å². The van der Waals surface area contributed by atoms with Gasteiger partial charge in [0.1, 0.15) is 11.6 Å². The molecule has 0 aliphatic carbocycles. The maximum absolute atomic E-state index is 12.1. The van der Waals surface area contributed by atoms with Crippen LogP contribution in [0.5, 0.6) is 0 Å². The highest BCUT2D eigenvalue weighted by molar-refractivity contribution is 5.78. The summed E-state index contributed by atoms with van der Waals surface area (Å²) in [5.41, 5.74) is 0.345. The summed E-state index contributed by atoms with van der Waals surface area (Å²) in [6.45, 7) is 5.06. The lowest BCUT2D eigenvalue weighted by molar-refractivity contribution is -0.157. The van der Waals surface area contributed by atoms with Crippen LogP contribution in [-0.2, 0) is 20.7 Å². The molecule has 0 aliphatic rings. The Labute approximate surface area is 118 Å². The summed E-state index contributed by atoms with van der Waals surface area (Å²) in [4.78, 5) is 22.7. The smallest absolute Gasteiger partial charge is 0.324 e. The van der Waals surface area contributed by atoms with E-state index in [4.69, 9.17) is 9.84 Å². The maximum Gasteiger partial charge on any atom is 0.324 e. The molecular weight excluding hydrogens is 258 g/mol. The quantitative estimate of drug-likeness (QED) is 0.774. The Morgan fingerprint density at radius 3 is 2.35 bits per heavy atom. The highest BCUT2D eigenvalue weighted by Crippen LogP contribution is 2.11. The number of nitrogens with one attached hydrogen (secondary N) is 1. The van der Waals surface area contributed by atoms with Gasteiger partial charge in [-0.2, -0.15) is 0 Å². The second kappa shape index (κ2) is 7.05. The lowest BCUT2D eigenvalue weighted by atomic mass is 10.1. The number of carboxylic acids is 1. The summed E-state index contributed by atoms with van der Waals surface area (Å²) in [5, 5.41) is 11.4. The van der Waals surface area contributed by atoms with Crippen molar-refractivity contribution >= 4 is 11.9 Å². The van der Waals surface area contributed by atoms with Gasteiger partial charge in [-0.15, -0.1) is 0 Å². The Hall–Kier alpha value is -1.88. The summed E-state index contributed by atoms with van der Waals surface area (Å²) >= 11 is 0. The lowest BCUT2D eigenvalue weighted by Crippen LogP contribution is -2.44. The molecule has 2 N–H and O–H groups in total. The van der Waals surface area contributed by atoms with Crippen molar-refractivity contribution in [3.05, 3.63) is 35.9 Å². The van der Waals surface area contributed by atoms with E-state index >= 15 is 0 Å². The Kier molecular flexibility index (Phi) is 5.70. The summed E-state index contributed by atoms with van der Waals surface area (Å²) in [6, 6.07) is 8.74. The summed E-state index contributed by atoms with van der Waals surface area (Å²) in [5.74, 6) is -1.45. The van der Waals surface area contributed by atoms with Crippen LogP contribution < -0.4 is 5.32 Å². The number of carbonyl (C=O) groups excluding carboxylic acids is 1. The lowest BCUT2D eigenvalue weighted by Gasteiger charge is -2.24. The first-order chi connectivity index (χ1) is 9.28. The van der Waals surface area contributed by atoms with E-state index in [0.717, 1.165) is 5.56 Å². The van der Waals surface area contributed by atoms with E-state index < -0.39 is 23.6 Å². The fraction of sp³-hybridized carbons (Fsp3) is 0.467. The van der Waals surface area contributed by atoms with Crippen molar-refractivity contribution in [1.29, 1.82) is 0 Å². The minimum Gasteiger partial charge on any atom is -0.480 e. The molecule has 1 aromatic carbocycles. The van der Waals surface area contributed by atoms with Crippen LogP contribution in [0.4, 0.5) is 0 Å². The predicted octanol–water partition coefficient (Wildman–Crippen LogP) is 1.61. The Balaban J connectivity index is 2.74. The number of benzene rings is 1. The molecule has 0 saturated heterocycles. The van der Waals surface area contributed by atoms with Crippen molar-refractivity contribution in [2.75, 3.05) is 6.54 Å². The van der Waals surface area contributed by atoms with E-state index in [1.54, 1.807) is 20.8 Å². The number of aliphatic carboxylic acids is 1. The Morgan fingerprint density at radius 2 is 1.85 bits per heavy atom.